The first-order valence-electron chi connectivity index (χ1n) is 7.41. The fourth-order valence-corrected chi connectivity index (χ4v) is 3.37. The van der Waals surface area contributed by atoms with E-state index in [1.165, 1.54) is 24.3 Å². The van der Waals surface area contributed by atoms with Gasteiger partial charge in [-0.05, 0) is 49.2 Å². The molecule has 0 aliphatic heterocycles. The van der Waals surface area contributed by atoms with Crippen LogP contribution >= 0.6 is 11.6 Å². The van der Waals surface area contributed by atoms with Crippen LogP contribution in [0.1, 0.15) is 17.5 Å². The number of halogens is 1. The van der Waals surface area contributed by atoms with Crippen molar-refractivity contribution in [3.63, 3.8) is 0 Å². The predicted molar refractivity (Wildman–Crippen MR) is 95.8 cm³/mol. The van der Waals surface area contributed by atoms with Gasteiger partial charge in [0.2, 0.25) is 15.9 Å². The number of hydrogen-bond donors (Lipinski definition) is 2. The average molecular weight is 367 g/mol. The first kappa shape index (κ1) is 18.4. The molecule has 0 saturated carbocycles. The molecule has 0 aliphatic rings. The number of anilines is 1. The predicted octanol–water partition coefficient (Wildman–Crippen LogP) is 3.26. The number of amides is 1. The van der Waals surface area contributed by atoms with Crippen molar-refractivity contribution in [1.29, 1.82) is 0 Å². The summed E-state index contributed by atoms with van der Waals surface area (Å²) in [6, 6.07) is 11.6. The van der Waals surface area contributed by atoms with Crippen LogP contribution in [0, 0.1) is 13.8 Å². The van der Waals surface area contributed by atoms with Gasteiger partial charge in [0, 0.05) is 23.7 Å². The summed E-state index contributed by atoms with van der Waals surface area (Å²) in [6.07, 6.45) is 0.0423. The number of rotatable bonds is 6. The van der Waals surface area contributed by atoms with Crippen LogP contribution in [-0.4, -0.2) is 20.9 Å². The van der Waals surface area contributed by atoms with E-state index in [-0.39, 0.29) is 23.8 Å². The highest BCUT2D eigenvalue weighted by atomic mass is 35.5. The first-order valence-corrected chi connectivity index (χ1v) is 9.27. The Kier molecular flexibility index (Phi) is 5.99. The topological polar surface area (TPSA) is 75.3 Å². The molecule has 2 aromatic rings. The van der Waals surface area contributed by atoms with Crippen LogP contribution in [0.15, 0.2) is 47.4 Å². The third-order valence-corrected chi connectivity index (χ3v) is 5.24. The summed E-state index contributed by atoms with van der Waals surface area (Å²) in [5.74, 6) is -0.244. The van der Waals surface area contributed by atoms with Crippen molar-refractivity contribution in [2.24, 2.45) is 0 Å². The summed E-state index contributed by atoms with van der Waals surface area (Å²) in [6.45, 7) is 3.83. The van der Waals surface area contributed by atoms with E-state index >= 15 is 0 Å². The molecule has 0 spiro atoms. The molecular formula is C17H19ClN2O3S. The molecule has 7 heteroatoms. The second kappa shape index (κ2) is 7.79. The van der Waals surface area contributed by atoms with Crippen molar-refractivity contribution in [3.8, 4) is 0 Å². The fraction of sp³-hybridized carbons (Fsp3) is 0.235. The Hall–Kier alpha value is -1.89. The average Bonchev–Trinajstić information content (AvgIpc) is 2.51. The van der Waals surface area contributed by atoms with Gasteiger partial charge in [0.25, 0.3) is 0 Å². The molecule has 0 bridgehead atoms. The molecule has 0 heterocycles. The smallest absolute Gasteiger partial charge is 0.240 e. The van der Waals surface area contributed by atoms with Gasteiger partial charge in [-0.25, -0.2) is 13.1 Å². The maximum absolute atomic E-state index is 12.1. The molecule has 128 valence electrons. The molecule has 2 aromatic carbocycles. The Morgan fingerprint density at radius 2 is 1.62 bits per heavy atom. The largest absolute Gasteiger partial charge is 0.326 e. The number of benzene rings is 2. The molecule has 24 heavy (non-hydrogen) atoms. The molecule has 0 saturated heterocycles. The van der Waals surface area contributed by atoms with Gasteiger partial charge in [0.05, 0.1) is 4.90 Å². The van der Waals surface area contributed by atoms with Crippen molar-refractivity contribution in [2.45, 2.75) is 25.2 Å². The molecule has 0 radical (unpaired) electrons. The van der Waals surface area contributed by atoms with Crippen LogP contribution in [-0.2, 0) is 14.8 Å². The van der Waals surface area contributed by atoms with Crippen LogP contribution in [0.4, 0.5) is 5.69 Å². The van der Waals surface area contributed by atoms with E-state index < -0.39 is 10.0 Å². The van der Waals surface area contributed by atoms with Crippen LogP contribution in [0.3, 0.4) is 0 Å². The number of sulfonamides is 1. The Morgan fingerprint density at radius 1 is 1.04 bits per heavy atom. The number of carbonyl (C=O) groups is 1. The lowest BCUT2D eigenvalue weighted by atomic mass is 10.1. The maximum atomic E-state index is 12.1. The van der Waals surface area contributed by atoms with Gasteiger partial charge in [-0.1, -0.05) is 29.8 Å². The van der Waals surface area contributed by atoms with Crippen LogP contribution in [0.2, 0.25) is 5.02 Å². The summed E-state index contributed by atoms with van der Waals surface area (Å²) in [5.41, 5.74) is 2.69. The van der Waals surface area contributed by atoms with Crippen LogP contribution in [0.25, 0.3) is 0 Å². The zero-order valence-electron chi connectivity index (χ0n) is 13.5. The summed E-state index contributed by atoms with van der Waals surface area (Å²) in [4.78, 5) is 12.1. The standard InChI is InChI=1S/C17H19ClN2O3S/c1-12-4-3-5-13(2)17(12)20-16(21)10-11-19-24(22,23)15-8-6-14(18)7-9-15/h3-9,19H,10-11H2,1-2H3,(H,20,21). The fourth-order valence-electron chi connectivity index (χ4n) is 2.21. The van der Waals surface area contributed by atoms with E-state index in [9.17, 15) is 13.2 Å². The molecule has 0 aliphatic carbocycles. The summed E-state index contributed by atoms with van der Waals surface area (Å²) in [7, 11) is -3.65. The Morgan fingerprint density at radius 3 is 2.21 bits per heavy atom. The number of nitrogens with one attached hydrogen (secondary N) is 2. The number of aryl methyl sites for hydroxylation is 2. The number of hydrogen-bond acceptors (Lipinski definition) is 3. The molecule has 0 atom stereocenters. The minimum Gasteiger partial charge on any atom is -0.326 e. The van der Waals surface area contributed by atoms with Crippen LogP contribution < -0.4 is 10.0 Å². The van der Waals surface area contributed by atoms with E-state index in [2.05, 4.69) is 10.0 Å². The lowest BCUT2D eigenvalue weighted by Gasteiger charge is -2.12. The third-order valence-electron chi connectivity index (χ3n) is 3.51. The van der Waals surface area contributed by atoms with Gasteiger partial charge in [0.15, 0.2) is 0 Å². The maximum Gasteiger partial charge on any atom is 0.240 e. The lowest BCUT2D eigenvalue weighted by molar-refractivity contribution is -0.116. The van der Waals surface area contributed by atoms with Crippen LogP contribution in [0.5, 0.6) is 0 Å². The minimum absolute atomic E-state index is 0.0156. The quantitative estimate of drug-likeness (QED) is 0.823. The molecule has 2 N–H and O–H groups in total. The Balaban J connectivity index is 1.91. The summed E-state index contributed by atoms with van der Waals surface area (Å²) < 4.78 is 26.6. The van der Waals surface area contributed by atoms with E-state index in [1.54, 1.807) is 0 Å². The van der Waals surface area contributed by atoms with Crippen molar-refractivity contribution in [3.05, 3.63) is 58.6 Å². The van der Waals surface area contributed by atoms with E-state index in [0.717, 1.165) is 16.8 Å². The highest BCUT2D eigenvalue weighted by molar-refractivity contribution is 7.89. The monoisotopic (exact) mass is 366 g/mol. The van der Waals surface area contributed by atoms with Gasteiger partial charge < -0.3 is 5.32 Å². The lowest BCUT2D eigenvalue weighted by Crippen LogP contribution is -2.28. The molecule has 2 rings (SSSR count). The number of carbonyl (C=O) groups excluding carboxylic acids is 1. The van der Waals surface area contributed by atoms with Crippen molar-refractivity contribution >= 4 is 33.2 Å². The molecule has 0 fully saturated rings. The zero-order chi connectivity index (χ0) is 17.7. The first-order chi connectivity index (χ1) is 11.3. The molecule has 0 unspecified atom stereocenters. The van der Waals surface area contributed by atoms with E-state index in [1.807, 2.05) is 32.0 Å². The van der Waals surface area contributed by atoms with Gasteiger partial charge in [-0.3, -0.25) is 4.79 Å². The molecule has 1 amide bonds. The second-order valence-electron chi connectivity index (χ2n) is 5.42. The SMILES string of the molecule is Cc1cccc(C)c1NC(=O)CCNS(=O)(=O)c1ccc(Cl)cc1. The Labute approximate surface area is 147 Å². The zero-order valence-corrected chi connectivity index (χ0v) is 15.0. The van der Waals surface area contributed by atoms with Gasteiger partial charge in [-0.15, -0.1) is 0 Å². The van der Waals surface area contributed by atoms with Gasteiger partial charge >= 0.3 is 0 Å². The van der Waals surface area contributed by atoms with E-state index in [0.29, 0.717) is 5.02 Å². The second-order valence-corrected chi connectivity index (χ2v) is 7.62. The van der Waals surface area contributed by atoms with Crippen molar-refractivity contribution in [2.75, 3.05) is 11.9 Å². The molecule has 5 nitrogen and oxygen atoms in total. The Bertz CT molecular complexity index is 813. The number of para-hydroxylation sites is 1. The molecule has 0 aromatic heterocycles. The molecular weight excluding hydrogens is 348 g/mol. The third kappa shape index (κ3) is 4.80. The van der Waals surface area contributed by atoms with Gasteiger partial charge in [0.1, 0.15) is 0 Å². The van der Waals surface area contributed by atoms with E-state index in [4.69, 9.17) is 11.6 Å². The summed E-state index contributed by atoms with van der Waals surface area (Å²) >= 11 is 5.74. The minimum atomic E-state index is -3.65. The highest BCUT2D eigenvalue weighted by Gasteiger charge is 2.14. The van der Waals surface area contributed by atoms with Gasteiger partial charge in [-0.2, -0.15) is 0 Å². The highest BCUT2D eigenvalue weighted by Crippen LogP contribution is 2.19. The van der Waals surface area contributed by atoms with Crippen molar-refractivity contribution in [1.82, 2.24) is 4.72 Å². The normalized spacial score (nSPS) is 11.3. The van der Waals surface area contributed by atoms with Crippen molar-refractivity contribution < 1.29 is 13.2 Å². The summed E-state index contributed by atoms with van der Waals surface area (Å²) in [5, 5.41) is 3.28.